The number of methoxy groups -OCH3 is 1. The fourth-order valence-electron chi connectivity index (χ4n) is 2.05. The molecule has 0 aliphatic rings. The zero-order valence-corrected chi connectivity index (χ0v) is 15.2. The number of benzene rings is 2. The van der Waals surface area contributed by atoms with Crippen LogP contribution in [-0.4, -0.2) is 31.3 Å². The van der Waals surface area contributed by atoms with E-state index < -0.39 is 5.97 Å². The average Bonchev–Trinajstić information content (AvgIpc) is 2.66. The summed E-state index contributed by atoms with van der Waals surface area (Å²) in [6, 6.07) is 13.4. The highest BCUT2D eigenvalue weighted by molar-refractivity contribution is 7.99. The standard InChI is InChI=1S/C19H20FNO4S/c1-24-17-4-2-3-15(9-17)10-21-18(22)11-25-19(23)13-26-12-14-5-7-16(20)8-6-14/h2-9H,10-13H2,1H3,(H,21,22). The molecular weight excluding hydrogens is 357 g/mol. The minimum absolute atomic E-state index is 0.126. The molecule has 0 spiro atoms. The lowest BCUT2D eigenvalue weighted by Crippen LogP contribution is -2.28. The lowest BCUT2D eigenvalue weighted by atomic mass is 10.2. The smallest absolute Gasteiger partial charge is 0.316 e. The summed E-state index contributed by atoms with van der Waals surface area (Å²) in [5, 5.41) is 2.68. The topological polar surface area (TPSA) is 64.6 Å². The molecule has 0 saturated carbocycles. The fraction of sp³-hybridized carbons (Fsp3) is 0.263. The van der Waals surface area contributed by atoms with Gasteiger partial charge in [0.25, 0.3) is 5.91 Å². The number of esters is 1. The number of halogens is 1. The van der Waals surface area contributed by atoms with Gasteiger partial charge in [-0.3, -0.25) is 9.59 Å². The van der Waals surface area contributed by atoms with Crippen molar-refractivity contribution in [3.8, 4) is 5.75 Å². The van der Waals surface area contributed by atoms with E-state index in [0.717, 1.165) is 11.1 Å². The largest absolute Gasteiger partial charge is 0.497 e. The Morgan fingerprint density at radius 1 is 1.12 bits per heavy atom. The third kappa shape index (κ3) is 7.14. The van der Waals surface area contributed by atoms with Gasteiger partial charge < -0.3 is 14.8 Å². The lowest BCUT2D eigenvalue weighted by Gasteiger charge is -2.08. The summed E-state index contributed by atoms with van der Waals surface area (Å²) >= 11 is 1.34. The van der Waals surface area contributed by atoms with Crippen molar-refractivity contribution in [1.82, 2.24) is 5.32 Å². The highest BCUT2D eigenvalue weighted by Crippen LogP contribution is 2.13. The molecule has 0 radical (unpaired) electrons. The zero-order valence-electron chi connectivity index (χ0n) is 14.4. The van der Waals surface area contributed by atoms with Crippen LogP contribution in [0, 0.1) is 5.82 Å². The second-order valence-corrected chi connectivity index (χ2v) is 6.39. The van der Waals surface area contributed by atoms with Crippen molar-refractivity contribution >= 4 is 23.6 Å². The van der Waals surface area contributed by atoms with Crippen molar-refractivity contribution in [3.63, 3.8) is 0 Å². The van der Waals surface area contributed by atoms with Crippen LogP contribution >= 0.6 is 11.8 Å². The van der Waals surface area contributed by atoms with Crippen LogP contribution in [-0.2, 0) is 26.6 Å². The van der Waals surface area contributed by atoms with E-state index in [2.05, 4.69) is 5.32 Å². The molecular formula is C19H20FNO4S. The number of hydrogen-bond acceptors (Lipinski definition) is 5. The zero-order chi connectivity index (χ0) is 18.8. The molecule has 0 heterocycles. The molecule has 0 fully saturated rings. The second-order valence-electron chi connectivity index (χ2n) is 5.41. The van der Waals surface area contributed by atoms with Crippen LogP contribution < -0.4 is 10.1 Å². The van der Waals surface area contributed by atoms with Crippen molar-refractivity contribution in [2.24, 2.45) is 0 Å². The van der Waals surface area contributed by atoms with Gasteiger partial charge >= 0.3 is 5.97 Å². The monoisotopic (exact) mass is 377 g/mol. The van der Waals surface area contributed by atoms with E-state index in [1.807, 2.05) is 24.3 Å². The van der Waals surface area contributed by atoms with Gasteiger partial charge in [0.1, 0.15) is 11.6 Å². The molecule has 2 aromatic carbocycles. The molecule has 2 aromatic rings. The summed E-state index contributed by atoms with van der Waals surface area (Å²) in [4.78, 5) is 23.4. The molecule has 7 heteroatoms. The van der Waals surface area contributed by atoms with E-state index in [-0.39, 0.29) is 24.1 Å². The van der Waals surface area contributed by atoms with E-state index in [9.17, 15) is 14.0 Å². The highest BCUT2D eigenvalue weighted by Gasteiger charge is 2.08. The lowest BCUT2D eigenvalue weighted by molar-refractivity contribution is -0.145. The number of thioether (sulfide) groups is 1. The van der Waals surface area contributed by atoms with Crippen molar-refractivity contribution in [1.29, 1.82) is 0 Å². The number of carbonyl (C=O) groups is 2. The number of rotatable bonds is 9. The maximum atomic E-state index is 12.8. The summed E-state index contributed by atoms with van der Waals surface area (Å²) < 4.78 is 22.8. The number of carbonyl (C=O) groups excluding carboxylic acids is 2. The molecule has 5 nitrogen and oxygen atoms in total. The van der Waals surface area contributed by atoms with E-state index in [4.69, 9.17) is 9.47 Å². The molecule has 0 aliphatic carbocycles. The van der Waals surface area contributed by atoms with Gasteiger partial charge in [0.2, 0.25) is 0 Å². The van der Waals surface area contributed by atoms with Gasteiger partial charge in [-0.2, -0.15) is 0 Å². The number of hydrogen-bond donors (Lipinski definition) is 1. The first-order valence-corrected chi connectivity index (χ1v) is 9.09. The maximum absolute atomic E-state index is 12.8. The van der Waals surface area contributed by atoms with Crippen LogP contribution in [0.3, 0.4) is 0 Å². The minimum atomic E-state index is -0.464. The summed E-state index contributed by atoms with van der Waals surface area (Å²) in [7, 11) is 1.57. The Hall–Kier alpha value is -2.54. The van der Waals surface area contributed by atoms with E-state index in [1.54, 1.807) is 19.2 Å². The second kappa shape index (κ2) is 10.5. The number of ether oxygens (including phenoxy) is 2. The molecule has 2 rings (SSSR count). The normalized spacial score (nSPS) is 10.2. The summed E-state index contributed by atoms with van der Waals surface area (Å²) in [5.41, 5.74) is 1.80. The Bertz CT molecular complexity index is 737. The first-order valence-electron chi connectivity index (χ1n) is 7.94. The van der Waals surface area contributed by atoms with Crippen LogP contribution in [0.15, 0.2) is 48.5 Å². The first-order chi connectivity index (χ1) is 12.6. The number of amides is 1. The van der Waals surface area contributed by atoms with Crippen molar-refractivity contribution < 1.29 is 23.5 Å². The van der Waals surface area contributed by atoms with Crippen LogP contribution in [0.25, 0.3) is 0 Å². The van der Waals surface area contributed by atoms with E-state index >= 15 is 0 Å². The third-order valence-corrected chi connectivity index (χ3v) is 4.37. The summed E-state index contributed by atoms with van der Waals surface area (Å²) in [5.74, 6) is 0.274. The fourth-order valence-corrected chi connectivity index (χ4v) is 2.83. The molecule has 1 N–H and O–H groups in total. The maximum Gasteiger partial charge on any atom is 0.316 e. The summed E-state index contributed by atoms with van der Waals surface area (Å²) in [6.07, 6.45) is 0. The Kier molecular flexibility index (Phi) is 7.95. The van der Waals surface area contributed by atoms with Gasteiger partial charge in [-0.25, -0.2) is 4.39 Å². The predicted molar refractivity (Wildman–Crippen MR) is 98.4 cm³/mol. The Morgan fingerprint density at radius 3 is 2.62 bits per heavy atom. The van der Waals surface area contributed by atoms with Gasteiger partial charge in [-0.15, -0.1) is 11.8 Å². The SMILES string of the molecule is COc1cccc(CNC(=O)COC(=O)CSCc2ccc(F)cc2)c1. The molecule has 0 saturated heterocycles. The molecule has 0 aliphatic heterocycles. The average molecular weight is 377 g/mol. The Morgan fingerprint density at radius 2 is 1.88 bits per heavy atom. The molecule has 0 atom stereocenters. The molecule has 0 unspecified atom stereocenters. The first kappa shape index (κ1) is 19.8. The number of nitrogens with one attached hydrogen (secondary N) is 1. The molecule has 0 aromatic heterocycles. The van der Waals surface area contributed by atoms with E-state index in [1.165, 1.54) is 23.9 Å². The van der Waals surface area contributed by atoms with Crippen LogP contribution in [0.2, 0.25) is 0 Å². The third-order valence-electron chi connectivity index (χ3n) is 3.39. The molecule has 0 bridgehead atoms. The predicted octanol–water partition coefficient (Wildman–Crippen LogP) is 2.93. The quantitative estimate of drug-likeness (QED) is 0.681. The van der Waals surface area contributed by atoms with Gasteiger partial charge in [-0.05, 0) is 35.4 Å². The summed E-state index contributed by atoms with van der Waals surface area (Å²) in [6.45, 7) is 0.00676. The van der Waals surface area contributed by atoms with Gasteiger partial charge in [0, 0.05) is 12.3 Å². The molecule has 138 valence electrons. The Balaban J connectivity index is 1.61. The van der Waals surface area contributed by atoms with Crippen molar-refractivity contribution in [2.45, 2.75) is 12.3 Å². The van der Waals surface area contributed by atoms with Crippen LogP contribution in [0.5, 0.6) is 5.75 Å². The highest BCUT2D eigenvalue weighted by atomic mass is 32.2. The van der Waals surface area contributed by atoms with Gasteiger partial charge in [0.05, 0.1) is 12.9 Å². The molecule has 26 heavy (non-hydrogen) atoms. The van der Waals surface area contributed by atoms with E-state index in [0.29, 0.717) is 18.0 Å². The molecule has 1 amide bonds. The Labute approximate surface area is 155 Å². The van der Waals surface area contributed by atoms with Crippen molar-refractivity contribution in [2.75, 3.05) is 19.5 Å². The van der Waals surface area contributed by atoms with Crippen LogP contribution in [0.4, 0.5) is 4.39 Å². The minimum Gasteiger partial charge on any atom is -0.497 e. The van der Waals surface area contributed by atoms with Crippen molar-refractivity contribution in [3.05, 3.63) is 65.5 Å². The van der Waals surface area contributed by atoms with Gasteiger partial charge in [-0.1, -0.05) is 24.3 Å². The van der Waals surface area contributed by atoms with Crippen LogP contribution in [0.1, 0.15) is 11.1 Å². The van der Waals surface area contributed by atoms with Gasteiger partial charge in [0.15, 0.2) is 6.61 Å².